The average molecular weight is 246 g/mol. The highest BCUT2D eigenvalue weighted by atomic mass is 16.5. The molecule has 0 aromatic heterocycles. The van der Waals surface area contributed by atoms with Gasteiger partial charge in [-0.2, -0.15) is 0 Å². The molecular weight excluding hydrogens is 228 g/mol. The Kier molecular flexibility index (Phi) is 3.43. The van der Waals surface area contributed by atoms with Crippen molar-refractivity contribution in [1.82, 2.24) is 0 Å². The molecule has 0 bridgehead atoms. The van der Waals surface area contributed by atoms with E-state index >= 15 is 0 Å². The van der Waals surface area contributed by atoms with Crippen LogP contribution < -0.4 is 0 Å². The molecule has 3 rings (SSSR count). The topological polar surface area (TPSA) is 35.5 Å². The van der Waals surface area contributed by atoms with Gasteiger partial charge in [0.15, 0.2) is 5.78 Å². The fourth-order valence-electron chi connectivity index (χ4n) is 2.65. The Hall–Kier alpha value is -1.19. The number of hydrogen-bond acceptors (Lipinski definition) is 3. The van der Waals surface area contributed by atoms with Crippen LogP contribution in [0.5, 0.6) is 0 Å². The number of carbonyl (C=O) groups excluding carboxylic acids is 1. The van der Waals surface area contributed by atoms with Gasteiger partial charge in [0.2, 0.25) is 0 Å². The first-order valence-electron chi connectivity index (χ1n) is 6.67. The van der Waals surface area contributed by atoms with Crippen LogP contribution in [-0.2, 0) is 22.7 Å². The molecule has 1 atom stereocenters. The molecule has 0 radical (unpaired) electrons. The predicted molar refractivity (Wildman–Crippen MR) is 67.5 cm³/mol. The van der Waals surface area contributed by atoms with Gasteiger partial charge in [0.1, 0.15) is 0 Å². The Labute approximate surface area is 107 Å². The third kappa shape index (κ3) is 2.47. The minimum atomic E-state index is 0.222. The molecule has 1 aromatic rings. The molecule has 2 aliphatic heterocycles. The Morgan fingerprint density at radius 2 is 2.17 bits per heavy atom. The monoisotopic (exact) mass is 246 g/mol. The van der Waals surface area contributed by atoms with Gasteiger partial charge < -0.3 is 9.47 Å². The van der Waals surface area contributed by atoms with Crippen molar-refractivity contribution in [3.05, 3.63) is 34.9 Å². The van der Waals surface area contributed by atoms with Crippen molar-refractivity contribution in [1.29, 1.82) is 0 Å². The molecule has 0 amide bonds. The van der Waals surface area contributed by atoms with E-state index in [1.807, 2.05) is 18.2 Å². The molecule has 0 N–H and O–H groups in total. The van der Waals surface area contributed by atoms with Crippen LogP contribution >= 0.6 is 0 Å². The lowest BCUT2D eigenvalue weighted by atomic mass is 10.00. The van der Waals surface area contributed by atoms with Crippen LogP contribution in [0, 0.1) is 0 Å². The minimum absolute atomic E-state index is 0.222. The van der Waals surface area contributed by atoms with E-state index in [1.165, 1.54) is 5.56 Å². The van der Waals surface area contributed by atoms with Gasteiger partial charge in [0.05, 0.1) is 19.3 Å². The zero-order valence-corrected chi connectivity index (χ0v) is 10.5. The minimum Gasteiger partial charge on any atom is -0.378 e. The van der Waals surface area contributed by atoms with E-state index < -0.39 is 0 Å². The normalized spacial score (nSPS) is 22.1. The van der Waals surface area contributed by atoms with E-state index in [-0.39, 0.29) is 5.78 Å². The van der Waals surface area contributed by atoms with Crippen molar-refractivity contribution in [3.63, 3.8) is 0 Å². The van der Waals surface area contributed by atoms with E-state index in [1.54, 1.807) is 0 Å². The second kappa shape index (κ2) is 5.21. The lowest BCUT2D eigenvalue weighted by Crippen LogP contribution is -2.09. The highest BCUT2D eigenvalue weighted by Crippen LogP contribution is 2.23. The molecule has 1 fully saturated rings. The summed E-state index contributed by atoms with van der Waals surface area (Å²) in [4.78, 5) is 12.1. The van der Waals surface area contributed by atoms with E-state index in [2.05, 4.69) is 0 Å². The molecule has 3 heteroatoms. The highest BCUT2D eigenvalue weighted by molar-refractivity contribution is 5.96. The zero-order valence-electron chi connectivity index (χ0n) is 10.5. The fraction of sp³-hybridized carbons (Fsp3) is 0.533. The predicted octanol–water partition coefficient (Wildman–Crippen LogP) is 2.86. The molecule has 0 saturated carbocycles. The smallest absolute Gasteiger partial charge is 0.162 e. The number of carbonyl (C=O) groups is 1. The molecule has 96 valence electrons. The maximum Gasteiger partial charge on any atom is 0.162 e. The molecule has 0 aliphatic carbocycles. The largest absolute Gasteiger partial charge is 0.378 e. The van der Waals surface area contributed by atoms with Crippen molar-refractivity contribution in [3.8, 4) is 0 Å². The third-order valence-electron chi connectivity index (χ3n) is 3.76. The fourth-order valence-corrected chi connectivity index (χ4v) is 2.65. The Morgan fingerprint density at radius 3 is 3.00 bits per heavy atom. The van der Waals surface area contributed by atoms with Crippen LogP contribution in [0.1, 0.15) is 47.2 Å². The van der Waals surface area contributed by atoms with Gasteiger partial charge in [-0.05, 0) is 36.5 Å². The number of rotatable bonds is 4. The first-order valence-corrected chi connectivity index (χ1v) is 6.67. The highest BCUT2D eigenvalue weighted by Gasteiger charge is 2.18. The second-order valence-electron chi connectivity index (χ2n) is 5.07. The summed E-state index contributed by atoms with van der Waals surface area (Å²) in [5, 5.41) is 0. The Balaban J connectivity index is 1.61. The maximum absolute atomic E-state index is 12.1. The van der Waals surface area contributed by atoms with Crippen LogP contribution in [0.2, 0.25) is 0 Å². The lowest BCUT2D eigenvalue weighted by Gasteiger charge is -2.08. The SMILES string of the molecule is O=C(CCC1CCCO1)c1ccc2c(c1)COC2. The average Bonchev–Trinajstić information content (AvgIpc) is 3.05. The number of ether oxygens (including phenoxy) is 2. The number of ketones is 1. The summed E-state index contributed by atoms with van der Waals surface area (Å²) in [7, 11) is 0. The van der Waals surface area contributed by atoms with Crippen LogP contribution in [-0.4, -0.2) is 18.5 Å². The summed E-state index contributed by atoms with van der Waals surface area (Å²) >= 11 is 0. The zero-order chi connectivity index (χ0) is 12.4. The van der Waals surface area contributed by atoms with Crippen LogP contribution in [0.3, 0.4) is 0 Å². The van der Waals surface area contributed by atoms with Crippen LogP contribution in [0.15, 0.2) is 18.2 Å². The van der Waals surface area contributed by atoms with Gasteiger partial charge >= 0.3 is 0 Å². The van der Waals surface area contributed by atoms with Gasteiger partial charge in [-0.25, -0.2) is 0 Å². The lowest BCUT2D eigenvalue weighted by molar-refractivity contribution is 0.0859. The summed E-state index contributed by atoms with van der Waals surface area (Å²) in [5.41, 5.74) is 3.20. The summed E-state index contributed by atoms with van der Waals surface area (Å²) in [6.07, 6.45) is 3.98. The summed E-state index contributed by atoms with van der Waals surface area (Å²) in [6.45, 7) is 2.18. The van der Waals surface area contributed by atoms with Gasteiger partial charge in [-0.15, -0.1) is 0 Å². The molecular formula is C15H18O3. The molecule has 2 aliphatic rings. The first-order chi connectivity index (χ1) is 8.83. The standard InChI is InChI=1S/C15H18O3/c16-15(6-5-14-2-1-7-18-14)11-3-4-12-9-17-10-13(12)8-11/h3-4,8,14H,1-2,5-7,9-10H2. The van der Waals surface area contributed by atoms with Gasteiger partial charge in [-0.3, -0.25) is 4.79 Å². The van der Waals surface area contributed by atoms with Crippen LogP contribution in [0.25, 0.3) is 0 Å². The molecule has 2 heterocycles. The Bertz CT molecular complexity index is 447. The summed E-state index contributed by atoms with van der Waals surface area (Å²) in [5.74, 6) is 0.222. The van der Waals surface area contributed by atoms with Crippen molar-refractivity contribution < 1.29 is 14.3 Å². The van der Waals surface area contributed by atoms with Gasteiger partial charge in [0, 0.05) is 18.6 Å². The van der Waals surface area contributed by atoms with E-state index in [0.717, 1.165) is 37.0 Å². The number of benzene rings is 1. The quantitative estimate of drug-likeness (QED) is 0.766. The van der Waals surface area contributed by atoms with Gasteiger partial charge in [-0.1, -0.05) is 12.1 Å². The number of hydrogen-bond donors (Lipinski definition) is 0. The van der Waals surface area contributed by atoms with Crippen molar-refractivity contribution in [2.45, 2.75) is 45.0 Å². The summed E-state index contributed by atoms with van der Waals surface area (Å²) in [6, 6.07) is 5.92. The molecule has 18 heavy (non-hydrogen) atoms. The van der Waals surface area contributed by atoms with E-state index in [4.69, 9.17) is 9.47 Å². The molecule has 1 saturated heterocycles. The van der Waals surface area contributed by atoms with E-state index in [0.29, 0.717) is 25.7 Å². The van der Waals surface area contributed by atoms with Crippen molar-refractivity contribution in [2.75, 3.05) is 6.61 Å². The summed E-state index contributed by atoms with van der Waals surface area (Å²) < 4.78 is 10.9. The van der Waals surface area contributed by atoms with E-state index in [9.17, 15) is 4.79 Å². The number of fused-ring (bicyclic) bond motifs is 1. The number of Topliss-reactive ketones (excluding diaryl/α,β-unsaturated/α-hetero) is 1. The second-order valence-corrected chi connectivity index (χ2v) is 5.07. The maximum atomic E-state index is 12.1. The third-order valence-corrected chi connectivity index (χ3v) is 3.76. The molecule has 1 aromatic carbocycles. The molecule has 3 nitrogen and oxygen atoms in total. The van der Waals surface area contributed by atoms with Crippen molar-refractivity contribution in [2.24, 2.45) is 0 Å². The first kappa shape index (κ1) is 11.9. The molecule has 0 spiro atoms. The van der Waals surface area contributed by atoms with Gasteiger partial charge in [0.25, 0.3) is 0 Å². The van der Waals surface area contributed by atoms with Crippen LogP contribution in [0.4, 0.5) is 0 Å². The van der Waals surface area contributed by atoms with Crippen molar-refractivity contribution >= 4 is 5.78 Å². The molecule has 1 unspecified atom stereocenters. The Morgan fingerprint density at radius 1 is 1.28 bits per heavy atom.